The molecule has 1 aromatic rings. The smallest absolute Gasteiger partial charge is 0.409 e. The highest BCUT2D eigenvalue weighted by atomic mass is 32.2. The Morgan fingerprint density at radius 1 is 1.21 bits per heavy atom. The Kier molecular flexibility index (Phi) is 5.52. The topological polar surface area (TPSA) is 91.3 Å². The van der Waals surface area contributed by atoms with Gasteiger partial charge in [0.05, 0.1) is 4.91 Å². The van der Waals surface area contributed by atoms with Gasteiger partial charge in [-0.15, -0.1) is 0 Å². The number of rotatable bonds is 2. The van der Waals surface area contributed by atoms with Crippen molar-refractivity contribution in [3.05, 3.63) is 34.5 Å². The number of amides is 3. The van der Waals surface area contributed by atoms with Gasteiger partial charge < -0.3 is 9.64 Å². The van der Waals surface area contributed by atoms with Crippen LogP contribution in [0.2, 0.25) is 0 Å². The lowest BCUT2D eigenvalue weighted by molar-refractivity contribution is -0.126. The largest absolute Gasteiger partial charge is 0.415 e. The highest BCUT2D eigenvalue weighted by molar-refractivity contribution is 8.18. The quantitative estimate of drug-likeness (QED) is 0.742. The van der Waals surface area contributed by atoms with Crippen LogP contribution in [0, 0.1) is 5.82 Å². The maximum Gasteiger partial charge on any atom is 0.415 e. The molecule has 3 amide bonds. The van der Waals surface area contributed by atoms with Gasteiger partial charge in [0.2, 0.25) is 5.91 Å². The van der Waals surface area contributed by atoms with Crippen molar-refractivity contribution in [3.8, 4) is 5.75 Å². The average Bonchev–Trinajstić information content (AvgIpc) is 3.34. The van der Waals surface area contributed by atoms with Crippen molar-refractivity contribution in [3.63, 3.8) is 0 Å². The zero-order chi connectivity index (χ0) is 20.4. The number of hydrogen-bond donors (Lipinski definition) is 1. The molecule has 0 aromatic heterocycles. The van der Waals surface area contributed by atoms with Crippen LogP contribution >= 0.6 is 11.8 Å². The molecule has 0 saturated carbocycles. The summed E-state index contributed by atoms with van der Waals surface area (Å²) in [6.45, 7) is 1.78. The second kappa shape index (κ2) is 8.24. The Morgan fingerprint density at radius 2 is 2.00 bits per heavy atom. The predicted octanol–water partition coefficient (Wildman–Crippen LogP) is 2.52. The molecular weight excluding hydrogens is 399 g/mol. The lowest BCUT2D eigenvalue weighted by Gasteiger charge is -2.27. The number of ether oxygens (including phenoxy) is 1. The van der Waals surface area contributed by atoms with E-state index in [0.717, 1.165) is 30.7 Å². The van der Waals surface area contributed by atoms with Crippen LogP contribution in [0.4, 0.5) is 9.18 Å². The minimum absolute atomic E-state index is 0.0440. The Balaban J connectivity index is 1.52. The second-order valence-electron chi connectivity index (χ2n) is 6.84. The third-order valence-electron chi connectivity index (χ3n) is 4.71. The number of benzene rings is 1. The number of nitrogens with one attached hydrogen (secondary N) is 1. The molecule has 8 nitrogen and oxygen atoms in total. The first kappa shape index (κ1) is 19.4. The fraction of sp³-hybridized carbons (Fsp3) is 0.368. The van der Waals surface area contributed by atoms with Crippen LogP contribution in [0.25, 0.3) is 6.08 Å². The Hall–Kier alpha value is -2.88. The molecule has 0 radical (unpaired) electrons. The molecule has 0 unspecified atom stereocenters. The summed E-state index contributed by atoms with van der Waals surface area (Å²) < 4.78 is 19.1. The first-order valence-electron chi connectivity index (χ1n) is 9.35. The van der Waals surface area contributed by atoms with Crippen molar-refractivity contribution >= 4 is 40.9 Å². The van der Waals surface area contributed by atoms with Crippen molar-refractivity contribution in [1.82, 2.24) is 15.3 Å². The third kappa shape index (κ3) is 4.42. The lowest BCUT2D eigenvalue weighted by Crippen LogP contribution is -2.48. The Bertz CT molecular complexity index is 927. The molecule has 0 bridgehead atoms. The number of hydrazine groups is 1. The van der Waals surface area contributed by atoms with Crippen molar-refractivity contribution < 1.29 is 23.5 Å². The van der Waals surface area contributed by atoms with E-state index in [9.17, 15) is 18.8 Å². The van der Waals surface area contributed by atoms with E-state index in [-0.39, 0.29) is 11.7 Å². The maximum absolute atomic E-state index is 13.7. The predicted molar refractivity (Wildman–Crippen MR) is 105 cm³/mol. The highest BCUT2D eigenvalue weighted by Gasteiger charge is 2.29. The molecule has 1 aromatic carbocycles. The number of carbonyl (C=O) groups is 3. The SMILES string of the molecule is O=C1CCCN(C2=NC(=O)/C(=C/c3ccc(F)cc3OC(=O)N3CCCC3)S2)N1. The van der Waals surface area contributed by atoms with Gasteiger partial charge in [-0.2, -0.15) is 4.99 Å². The Labute approximate surface area is 170 Å². The fourth-order valence-electron chi connectivity index (χ4n) is 3.23. The molecule has 2 saturated heterocycles. The fourth-order valence-corrected chi connectivity index (χ4v) is 4.12. The molecule has 0 aliphatic carbocycles. The summed E-state index contributed by atoms with van der Waals surface area (Å²) in [6.07, 6.45) is 3.91. The second-order valence-corrected chi connectivity index (χ2v) is 7.85. The Morgan fingerprint density at radius 3 is 2.76 bits per heavy atom. The summed E-state index contributed by atoms with van der Waals surface area (Å²) in [6, 6.07) is 3.80. The number of aliphatic imine (C=N–C) groups is 1. The van der Waals surface area contributed by atoms with Gasteiger partial charge in [-0.3, -0.25) is 20.0 Å². The van der Waals surface area contributed by atoms with E-state index in [1.807, 2.05) is 0 Å². The minimum atomic E-state index is -0.547. The summed E-state index contributed by atoms with van der Waals surface area (Å²) in [7, 11) is 0. The van der Waals surface area contributed by atoms with Gasteiger partial charge in [0.15, 0.2) is 5.17 Å². The number of hydrogen-bond acceptors (Lipinski definition) is 6. The van der Waals surface area contributed by atoms with Crippen LogP contribution in [0.3, 0.4) is 0 Å². The van der Waals surface area contributed by atoms with Crippen LogP contribution in [0.5, 0.6) is 5.75 Å². The van der Waals surface area contributed by atoms with E-state index < -0.39 is 17.8 Å². The van der Waals surface area contributed by atoms with E-state index in [0.29, 0.717) is 48.1 Å². The molecule has 152 valence electrons. The van der Waals surface area contributed by atoms with Gasteiger partial charge >= 0.3 is 6.09 Å². The first-order valence-corrected chi connectivity index (χ1v) is 10.2. The van der Waals surface area contributed by atoms with Crippen molar-refractivity contribution in [2.24, 2.45) is 4.99 Å². The molecule has 29 heavy (non-hydrogen) atoms. The average molecular weight is 418 g/mol. The molecule has 3 heterocycles. The number of carbonyl (C=O) groups excluding carboxylic acids is 3. The molecule has 3 aliphatic rings. The summed E-state index contributed by atoms with van der Waals surface area (Å²) in [5, 5.41) is 1.93. The number of thioether (sulfide) groups is 1. The number of nitrogens with zero attached hydrogens (tertiary/aromatic N) is 3. The van der Waals surface area contributed by atoms with Crippen molar-refractivity contribution in [1.29, 1.82) is 0 Å². The zero-order valence-electron chi connectivity index (χ0n) is 15.5. The van der Waals surface area contributed by atoms with Gasteiger partial charge in [0.25, 0.3) is 5.91 Å². The molecule has 0 atom stereocenters. The molecule has 3 aliphatic heterocycles. The monoisotopic (exact) mass is 418 g/mol. The highest BCUT2D eigenvalue weighted by Crippen LogP contribution is 2.33. The van der Waals surface area contributed by atoms with E-state index >= 15 is 0 Å². The van der Waals surface area contributed by atoms with E-state index in [2.05, 4.69) is 10.4 Å². The molecule has 4 rings (SSSR count). The normalized spacial score (nSPS) is 20.9. The molecule has 0 spiro atoms. The zero-order valence-corrected chi connectivity index (χ0v) is 16.3. The number of amidine groups is 1. The number of likely N-dealkylation sites (tertiary alicyclic amines) is 1. The van der Waals surface area contributed by atoms with Crippen LogP contribution in [-0.2, 0) is 9.59 Å². The van der Waals surface area contributed by atoms with Gasteiger partial charge in [-0.05, 0) is 49.2 Å². The standard InChI is InChI=1S/C19H19FN4O4S/c20-13-6-5-12(14(11-13)28-19(27)23-7-1-2-8-23)10-15-17(26)21-18(29-15)24-9-3-4-16(25)22-24/h5-6,10-11H,1-4,7-9H2,(H,22,25)/b15-10-. The molecule has 2 fully saturated rings. The van der Waals surface area contributed by atoms with E-state index in [1.165, 1.54) is 18.2 Å². The van der Waals surface area contributed by atoms with Crippen LogP contribution in [0.15, 0.2) is 28.1 Å². The van der Waals surface area contributed by atoms with Crippen LogP contribution < -0.4 is 10.2 Å². The van der Waals surface area contributed by atoms with Gasteiger partial charge in [0, 0.05) is 37.7 Å². The number of halogens is 1. The molecule has 1 N–H and O–H groups in total. The molecular formula is C19H19FN4O4S. The van der Waals surface area contributed by atoms with Crippen molar-refractivity contribution in [2.75, 3.05) is 19.6 Å². The summed E-state index contributed by atoms with van der Waals surface area (Å²) in [5.74, 6) is -1.10. The lowest BCUT2D eigenvalue weighted by atomic mass is 10.2. The van der Waals surface area contributed by atoms with Crippen LogP contribution in [0.1, 0.15) is 31.2 Å². The van der Waals surface area contributed by atoms with Crippen molar-refractivity contribution in [2.45, 2.75) is 25.7 Å². The van der Waals surface area contributed by atoms with Gasteiger partial charge in [-0.25, -0.2) is 9.18 Å². The maximum atomic E-state index is 13.7. The van der Waals surface area contributed by atoms with E-state index in [1.54, 1.807) is 9.91 Å². The van der Waals surface area contributed by atoms with E-state index in [4.69, 9.17) is 4.74 Å². The minimum Gasteiger partial charge on any atom is -0.409 e. The van der Waals surface area contributed by atoms with Gasteiger partial charge in [0.1, 0.15) is 11.6 Å². The first-order chi connectivity index (χ1) is 14.0. The molecule has 10 heteroatoms. The van der Waals surface area contributed by atoms with Crippen LogP contribution in [-0.4, -0.2) is 52.6 Å². The summed E-state index contributed by atoms with van der Waals surface area (Å²) in [4.78, 5) is 42.0. The third-order valence-corrected chi connectivity index (χ3v) is 5.72. The summed E-state index contributed by atoms with van der Waals surface area (Å²) >= 11 is 1.11. The summed E-state index contributed by atoms with van der Waals surface area (Å²) in [5.41, 5.74) is 3.08. The van der Waals surface area contributed by atoms with Gasteiger partial charge in [-0.1, -0.05) is 0 Å².